The molecule has 1 N–H and O–H groups in total. The number of nitrogens with one attached hydrogen (secondary N) is 1. The highest BCUT2D eigenvalue weighted by Gasteiger charge is 2.29. The molecule has 0 saturated heterocycles. The van der Waals surface area contributed by atoms with Crippen molar-refractivity contribution >= 4 is 42.5 Å². The van der Waals surface area contributed by atoms with Crippen molar-refractivity contribution in [3.8, 4) is 0 Å². The first-order chi connectivity index (χ1) is 17.0. The number of rotatable bonds is 7. The summed E-state index contributed by atoms with van der Waals surface area (Å²) >= 11 is 0. The number of aromatic nitrogens is 6. The summed E-state index contributed by atoms with van der Waals surface area (Å²) in [5.41, 5.74) is -0.278. The largest absolute Gasteiger partial charge is 0.325 e. The van der Waals surface area contributed by atoms with Crippen LogP contribution in [0.3, 0.4) is 0 Å². The molecule has 5 rings (SSSR count). The zero-order valence-electron chi connectivity index (χ0n) is 18.8. The van der Waals surface area contributed by atoms with Crippen molar-refractivity contribution in [3.63, 3.8) is 0 Å². The molecule has 1 aromatic carbocycles. The van der Waals surface area contributed by atoms with Crippen molar-refractivity contribution in [2.24, 2.45) is 0 Å². The SMILES string of the molecule is CS(=O)(=O)c1ncc2ccc(=O)n(CC(=O)Nc3ccc(S(=O)(=O)n4cnc(C5CC5)n4)cc3)c2n1. The molecule has 36 heavy (non-hydrogen) atoms. The average Bonchev–Trinajstić information content (AvgIpc) is 3.56. The third-order valence-electron chi connectivity index (χ3n) is 5.45. The van der Waals surface area contributed by atoms with E-state index in [1.807, 2.05) is 0 Å². The highest BCUT2D eigenvalue weighted by atomic mass is 32.2. The molecule has 0 unspecified atom stereocenters. The van der Waals surface area contributed by atoms with E-state index in [1.165, 1.54) is 48.9 Å². The topological polar surface area (TPSA) is 176 Å². The van der Waals surface area contributed by atoms with Gasteiger partial charge in [0.2, 0.25) is 20.9 Å². The van der Waals surface area contributed by atoms with Crippen LogP contribution in [0.4, 0.5) is 5.69 Å². The fourth-order valence-electron chi connectivity index (χ4n) is 3.46. The molecule has 4 aromatic rings. The van der Waals surface area contributed by atoms with Crippen LogP contribution in [0.25, 0.3) is 11.0 Å². The van der Waals surface area contributed by atoms with Gasteiger partial charge in [0.15, 0.2) is 5.82 Å². The number of sulfone groups is 1. The number of carbonyl (C=O) groups excluding carboxylic acids is 1. The van der Waals surface area contributed by atoms with Crippen LogP contribution in [0.15, 0.2) is 63.8 Å². The van der Waals surface area contributed by atoms with Crippen molar-refractivity contribution in [3.05, 3.63) is 65.1 Å². The molecular formula is C21H19N7O6S2. The zero-order valence-corrected chi connectivity index (χ0v) is 20.4. The average molecular weight is 530 g/mol. The van der Waals surface area contributed by atoms with E-state index in [2.05, 4.69) is 25.4 Å². The predicted molar refractivity (Wildman–Crippen MR) is 127 cm³/mol. The number of amides is 1. The molecule has 13 nitrogen and oxygen atoms in total. The third-order valence-corrected chi connectivity index (χ3v) is 7.85. The first-order valence-corrected chi connectivity index (χ1v) is 14.0. The minimum atomic E-state index is -3.94. The molecule has 3 heterocycles. The molecule has 0 bridgehead atoms. The summed E-state index contributed by atoms with van der Waals surface area (Å²) < 4.78 is 51.1. The Hall–Kier alpha value is -3.98. The van der Waals surface area contributed by atoms with Crippen LogP contribution in [0.2, 0.25) is 0 Å². The summed E-state index contributed by atoms with van der Waals surface area (Å²) in [6, 6.07) is 8.09. The summed E-state index contributed by atoms with van der Waals surface area (Å²) in [6.07, 6.45) is 5.24. The normalized spacial score (nSPS) is 14.1. The number of hydrogen-bond donors (Lipinski definition) is 1. The van der Waals surface area contributed by atoms with Crippen LogP contribution in [-0.2, 0) is 31.2 Å². The lowest BCUT2D eigenvalue weighted by Gasteiger charge is -2.11. The van der Waals surface area contributed by atoms with Crippen molar-refractivity contribution in [2.75, 3.05) is 11.6 Å². The van der Waals surface area contributed by atoms with Gasteiger partial charge in [-0.05, 0) is 43.2 Å². The van der Waals surface area contributed by atoms with Gasteiger partial charge in [-0.3, -0.25) is 14.2 Å². The van der Waals surface area contributed by atoms with Crippen LogP contribution in [0.5, 0.6) is 0 Å². The van der Waals surface area contributed by atoms with Gasteiger partial charge in [-0.2, -0.15) is 13.4 Å². The summed E-state index contributed by atoms with van der Waals surface area (Å²) in [5, 5.41) is 6.55. The van der Waals surface area contributed by atoms with E-state index in [9.17, 15) is 26.4 Å². The minimum Gasteiger partial charge on any atom is -0.325 e. The zero-order chi connectivity index (χ0) is 25.7. The maximum atomic E-state index is 12.8. The molecule has 3 aromatic heterocycles. The second-order valence-electron chi connectivity index (χ2n) is 8.29. The molecule has 1 saturated carbocycles. The lowest BCUT2D eigenvalue weighted by Crippen LogP contribution is -2.28. The number of nitrogens with zero attached hydrogens (tertiary/aromatic N) is 6. The maximum Gasteiger partial charge on any atom is 0.284 e. The number of carbonyl (C=O) groups is 1. The maximum absolute atomic E-state index is 12.8. The van der Waals surface area contributed by atoms with Crippen molar-refractivity contribution in [2.45, 2.75) is 35.4 Å². The Kier molecular flexibility index (Phi) is 5.67. The summed E-state index contributed by atoms with van der Waals surface area (Å²) in [6.45, 7) is -0.459. The van der Waals surface area contributed by atoms with E-state index in [1.54, 1.807) is 0 Å². The van der Waals surface area contributed by atoms with Gasteiger partial charge >= 0.3 is 0 Å². The van der Waals surface area contributed by atoms with Crippen LogP contribution >= 0.6 is 0 Å². The van der Waals surface area contributed by atoms with Crippen LogP contribution in [-0.4, -0.2) is 57.7 Å². The molecule has 0 radical (unpaired) electrons. The van der Waals surface area contributed by atoms with Crippen molar-refractivity contribution in [1.29, 1.82) is 0 Å². The molecule has 1 aliphatic carbocycles. The molecule has 1 amide bonds. The van der Waals surface area contributed by atoms with Crippen LogP contribution in [0.1, 0.15) is 24.6 Å². The second-order valence-corrected chi connectivity index (χ2v) is 12.0. The molecule has 0 aliphatic heterocycles. The van der Waals surface area contributed by atoms with E-state index < -0.39 is 43.0 Å². The van der Waals surface area contributed by atoms with E-state index in [4.69, 9.17) is 0 Å². The fraction of sp³-hybridized carbons (Fsp3) is 0.238. The van der Waals surface area contributed by atoms with Crippen LogP contribution < -0.4 is 10.9 Å². The van der Waals surface area contributed by atoms with Gasteiger partial charge in [-0.15, -0.1) is 9.19 Å². The minimum absolute atomic E-state index is 0.00656. The van der Waals surface area contributed by atoms with Gasteiger partial charge in [0, 0.05) is 35.5 Å². The Balaban J connectivity index is 1.35. The number of benzene rings is 1. The lowest BCUT2D eigenvalue weighted by atomic mass is 10.3. The summed E-state index contributed by atoms with van der Waals surface area (Å²) in [4.78, 5) is 36.8. The Morgan fingerprint density at radius 1 is 1.06 bits per heavy atom. The Bertz CT molecular complexity index is 1770. The molecule has 0 atom stereocenters. The van der Waals surface area contributed by atoms with Gasteiger partial charge < -0.3 is 5.32 Å². The van der Waals surface area contributed by atoms with Gasteiger partial charge in [0.05, 0.1) is 4.90 Å². The predicted octanol–water partition coefficient (Wildman–Crippen LogP) is 0.540. The highest BCUT2D eigenvalue weighted by molar-refractivity contribution is 7.90. The first-order valence-electron chi connectivity index (χ1n) is 10.7. The summed E-state index contributed by atoms with van der Waals surface area (Å²) in [5.74, 6) is 0.0999. The van der Waals surface area contributed by atoms with E-state index in [0.717, 1.165) is 27.8 Å². The monoisotopic (exact) mass is 529 g/mol. The smallest absolute Gasteiger partial charge is 0.284 e. The number of pyridine rings is 1. The number of fused-ring (bicyclic) bond motifs is 1. The molecule has 15 heteroatoms. The third kappa shape index (κ3) is 4.61. The molecule has 0 spiro atoms. The Morgan fingerprint density at radius 3 is 2.44 bits per heavy atom. The quantitative estimate of drug-likeness (QED) is 0.332. The fourth-order valence-corrected chi connectivity index (χ4v) is 5.01. The summed E-state index contributed by atoms with van der Waals surface area (Å²) in [7, 11) is -7.68. The molecular weight excluding hydrogens is 510 g/mol. The number of anilines is 1. The standard InChI is InChI=1S/C21H19N7O6S2/c1-35(31,32)21-22-10-14-4-9-18(30)27(20(14)25-21)11-17(29)24-15-5-7-16(8-6-15)36(33,34)28-12-23-19(26-28)13-2-3-13/h4-10,12-13H,2-3,11H2,1H3,(H,24,29). The molecule has 1 aliphatic rings. The van der Waals surface area contributed by atoms with E-state index in [-0.39, 0.29) is 22.1 Å². The number of hydrogen-bond acceptors (Lipinski definition) is 10. The Morgan fingerprint density at radius 2 is 1.78 bits per heavy atom. The second kappa shape index (κ2) is 8.60. The van der Waals surface area contributed by atoms with Crippen molar-refractivity contribution < 1.29 is 21.6 Å². The van der Waals surface area contributed by atoms with Gasteiger partial charge in [-0.25, -0.2) is 18.4 Å². The van der Waals surface area contributed by atoms with Gasteiger partial charge in [0.1, 0.15) is 18.5 Å². The van der Waals surface area contributed by atoms with Crippen LogP contribution in [0, 0.1) is 0 Å². The van der Waals surface area contributed by atoms with Crippen molar-refractivity contribution in [1.82, 2.24) is 28.7 Å². The highest BCUT2D eigenvalue weighted by Crippen LogP contribution is 2.37. The molecule has 1 fully saturated rings. The van der Waals surface area contributed by atoms with Gasteiger partial charge in [0.25, 0.3) is 15.6 Å². The Labute approximate surface area is 204 Å². The molecule has 186 valence electrons. The first kappa shape index (κ1) is 23.7. The van der Waals surface area contributed by atoms with E-state index >= 15 is 0 Å². The van der Waals surface area contributed by atoms with E-state index in [0.29, 0.717) is 11.2 Å². The van der Waals surface area contributed by atoms with Gasteiger partial charge in [-0.1, -0.05) is 0 Å². The lowest BCUT2D eigenvalue weighted by molar-refractivity contribution is -0.116.